The first-order valence-corrected chi connectivity index (χ1v) is 5.71. The van der Waals surface area contributed by atoms with Gasteiger partial charge in [-0.1, -0.05) is 19.0 Å². The predicted molar refractivity (Wildman–Crippen MR) is 62.2 cm³/mol. The molecule has 0 bridgehead atoms. The van der Waals surface area contributed by atoms with Gasteiger partial charge in [0.25, 0.3) is 0 Å². The third kappa shape index (κ3) is 3.67. The van der Waals surface area contributed by atoms with Gasteiger partial charge < -0.3 is 9.84 Å². The van der Waals surface area contributed by atoms with Gasteiger partial charge in [0.15, 0.2) is 5.76 Å². The normalized spacial score (nSPS) is 11.2. The van der Waals surface area contributed by atoms with E-state index in [9.17, 15) is 0 Å². The maximum absolute atomic E-state index is 5.22. The summed E-state index contributed by atoms with van der Waals surface area (Å²) in [4.78, 5) is 3.87. The fourth-order valence-corrected chi connectivity index (χ4v) is 1.48. The van der Waals surface area contributed by atoms with Crippen LogP contribution in [0.4, 0.5) is 0 Å². The summed E-state index contributed by atoms with van der Waals surface area (Å²) >= 11 is 0. The topological polar surface area (TPSA) is 68.8 Å². The van der Waals surface area contributed by atoms with Crippen LogP contribution in [0.5, 0.6) is 0 Å². The van der Waals surface area contributed by atoms with Crippen LogP contribution in [0.15, 0.2) is 23.2 Å². The van der Waals surface area contributed by atoms with E-state index in [1.165, 1.54) is 6.33 Å². The molecule has 6 nitrogen and oxygen atoms in total. The summed E-state index contributed by atoms with van der Waals surface area (Å²) in [6.07, 6.45) is 3.15. The third-order valence-electron chi connectivity index (χ3n) is 2.25. The first-order valence-electron chi connectivity index (χ1n) is 5.71. The van der Waals surface area contributed by atoms with Crippen LogP contribution in [0.3, 0.4) is 0 Å². The number of nitrogens with zero attached hydrogens (tertiary/aromatic N) is 4. The molecule has 0 atom stereocenters. The van der Waals surface area contributed by atoms with Gasteiger partial charge in [0.05, 0.1) is 5.69 Å². The summed E-state index contributed by atoms with van der Waals surface area (Å²) in [5.41, 5.74) is 0.917. The smallest absolute Gasteiger partial charge is 0.158 e. The molecule has 0 aromatic carbocycles. The molecule has 0 fully saturated rings. The molecule has 2 aromatic heterocycles. The van der Waals surface area contributed by atoms with Crippen molar-refractivity contribution in [2.75, 3.05) is 6.54 Å². The molecule has 0 saturated carbocycles. The van der Waals surface area contributed by atoms with Crippen molar-refractivity contribution in [1.29, 1.82) is 0 Å². The quantitative estimate of drug-likeness (QED) is 0.810. The summed E-state index contributed by atoms with van der Waals surface area (Å²) in [5.74, 6) is 1.42. The minimum Gasteiger partial charge on any atom is -0.359 e. The number of rotatable bonds is 6. The largest absolute Gasteiger partial charge is 0.359 e. The van der Waals surface area contributed by atoms with E-state index >= 15 is 0 Å². The van der Waals surface area contributed by atoms with Gasteiger partial charge >= 0.3 is 0 Å². The summed E-state index contributed by atoms with van der Waals surface area (Å²) in [7, 11) is 0. The van der Waals surface area contributed by atoms with Gasteiger partial charge in [-0.05, 0) is 12.5 Å². The average molecular weight is 235 g/mol. The van der Waals surface area contributed by atoms with Crippen molar-refractivity contribution >= 4 is 0 Å². The van der Waals surface area contributed by atoms with Crippen LogP contribution >= 0.6 is 0 Å². The SMILES string of the molecule is CC(C)CNCc1cc(Cn2cncn2)on1. The van der Waals surface area contributed by atoms with E-state index in [0.29, 0.717) is 12.5 Å². The third-order valence-corrected chi connectivity index (χ3v) is 2.25. The molecule has 1 N–H and O–H groups in total. The molecule has 0 aliphatic carbocycles. The Morgan fingerprint density at radius 3 is 3.06 bits per heavy atom. The molecule has 92 valence electrons. The monoisotopic (exact) mass is 235 g/mol. The standard InChI is InChI=1S/C11H17N5O/c1-9(2)4-12-5-10-3-11(17-15-10)6-16-8-13-7-14-16/h3,7-9,12H,4-6H2,1-2H3. The Kier molecular flexibility index (Phi) is 3.87. The van der Waals surface area contributed by atoms with E-state index < -0.39 is 0 Å². The molecule has 2 aromatic rings. The van der Waals surface area contributed by atoms with Crippen LogP contribution in [0.1, 0.15) is 25.3 Å². The van der Waals surface area contributed by atoms with Gasteiger partial charge in [0.2, 0.25) is 0 Å². The summed E-state index contributed by atoms with van der Waals surface area (Å²) in [6, 6.07) is 1.94. The molecule has 0 unspecified atom stereocenters. The average Bonchev–Trinajstić information content (AvgIpc) is 2.90. The van der Waals surface area contributed by atoms with Crippen molar-refractivity contribution in [2.24, 2.45) is 5.92 Å². The lowest BCUT2D eigenvalue weighted by Gasteiger charge is -2.04. The Bertz CT molecular complexity index is 434. The van der Waals surface area contributed by atoms with E-state index in [2.05, 4.69) is 34.4 Å². The number of hydrogen-bond acceptors (Lipinski definition) is 5. The lowest BCUT2D eigenvalue weighted by Crippen LogP contribution is -2.19. The van der Waals surface area contributed by atoms with Gasteiger partial charge in [-0.2, -0.15) is 5.10 Å². The Labute approximate surface area is 100 Å². The maximum Gasteiger partial charge on any atom is 0.158 e. The molecule has 0 aliphatic heterocycles. The van der Waals surface area contributed by atoms with Crippen LogP contribution in [-0.4, -0.2) is 26.5 Å². The van der Waals surface area contributed by atoms with Crippen molar-refractivity contribution in [1.82, 2.24) is 25.2 Å². The highest BCUT2D eigenvalue weighted by atomic mass is 16.5. The zero-order valence-electron chi connectivity index (χ0n) is 10.1. The lowest BCUT2D eigenvalue weighted by atomic mass is 10.2. The van der Waals surface area contributed by atoms with Crippen molar-refractivity contribution in [3.63, 3.8) is 0 Å². The molecule has 17 heavy (non-hydrogen) atoms. The van der Waals surface area contributed by atoms with E-state index in [0.717, 1.165) is 24.5 Å². The van der Waals surface area contributed by atoms with Crippen LogP contribution < -0.4 is 5.32 Å². The van der Waals surface area contributed by atoms with Gasteiger partial charge in [-0.25, -0.2) is 9.67 Å². The molecule has 0 spiro atoms. The number of aromatic nitrogens is 4. The van der Waals surface area contributed by atoms with Gasteiger partial charge in [-0.15, -0.1) is 0 Å². The minimum absolute atomic E-state index is 0.567. The number of hydrogen-bond donors (Lipinski definition) is 1. The molecule has 0 radical (unpaired) electrons. The molecule has 2 rings (SSSR count). The molecule has 2 heterocycles. The highest BCUT2D eigenvalue weighted by Crippen LogP contribution is 2.05. The second-order valence-corrected chi connectivity index (χ2v) is 4.40. The van der Waals surface area contributed by atoms with Crippen LogP contribution in [0, 0.1) is 5.92 Å². The maximum atomic E-state index is 5.22. The summed E-state index contributed by atoms with van der Waals surface area (Å²) in [6.45, 7) is 6.62. The minimum atomic E-state index is 0.567. The Hall–Kier alpha value is -1.69. The molecule has 0 amide bonds. The first kappa shape index (κ1) is 11.8. The lowest BCUT2D eigenvalue weighted by molar-refractivity contribution is 0.363. The van der Waals surface area contributed by atoms with Crippen molar-refractivity contribution < 1.29 is 4.52 Å². The molecule has 0 aliphatic rings. The second-order valence-electron chi connectivity index (χ2n) is 4.40. The molecular formula is C11H17N5O. The van der Waals surface area contributed by atoms with Crippen molar-refractivity contribution in [2.45, 2.75) is 26.9 Å². The zero-order chi connectivity index (χ0) is 12.1. The van der Waals surface area contributed by atoms with E-state index in [-0.39, 0.29) is 0 Å². The van der Waals surface area contributed by atoms with Gasteiger partial charge in [0.1, 0.15) is 19.2 Å². The predicted octanol–water partition coefficient (Wildman–Crippen LogP) is 1.06. The van der Waals surface area contributed by atoms with Crippen LogP contribution in [0.25, 0.3) is 0 Å². The Morgan fingerprint density at radius 2 is 2.35 bits per heavy atom. The van der Waals surface area contributed by atoms with Crippen molar-refractivity contribution in [3.05, 3.63) is 30.2 Å². The fraction of sp³-hybridized carbons (Fsp3) is 0.545. The van der Waals surface area contributed by atoms with Crippen LogP contribution in [0.2, 0.25) is 0 Å². The Morgan fingerprint density at radius 1 is 1.47 bits per heavy atom. The summed E-state index contributed by atoms with van der Waals surface area (Å²) < 4.78 is 6.92. The van der Waals surface area contributed by atoms with Crippen LogP contribution in [-0.2, 0) is 13.1 Å². The van der Waals surface area contributed by atoms with Gasteiger partial charge in [0, 0.05) is 12.6 Å². The molecule has 6 heteroatoms. The highest BCUT2D eigenvalue weighted by Gasteiger charge is 2.05. The van der Waals surface area contributed by atoms with E-state index in [4.69, 9.17) is 4.52 Å². The second kappa shape index (κ2) is 5.58. The first-order chi connectivity index (χ1) is 8.24. The van der Waals surface area contributed by atoms with Gasteiger partial charge in [-0.3, -0.25) is 0 Å². The molecule has 0 saturated heterocycles. The fourth-order valence-electron chi connectivity index (χ4n) is 1.48. The molecular weight excluding hydrogens is 218 g/mol. The number of nitrogens with one attached hydrogen (secondary N) is 1. The Balaban J connectivity index is 1.83. The van der Waals surface area contributed by atoms with Crippen molar-refractivity contribution in [3.8, 4) is 0 Å². The van der Waals surface area contributed by atoms with E-state index in [1.54, 1.807) is 11.0 Å². The van der Waals surface area contributed by atoms with E-state index in [1.807, 2.05) is 6.07 Å². The summed E-state index contributed by atoms with van der Waals surface area (Å²) in [5, 5.41) is 11.3. The zero-order valence-corrected chi connectivity index (χ0v) is 10.1. The highest BCUT2D eigenvalue weighted by molar-refractivity contribution is 5.05.